The highest BCUT2D eigenvalue weighted by atomic mass is 35.5. The molecule has 3 amide bonds. The summed E-state index contributed by atoms with van der Waals surface area (Å²) < 4.78 is 17.6. The van der Waals surface area contributed by atoms with Crippen LogP contribution in [0.15, 0.2) is 34.5 Å². The number of amides is 3. The highest BCUT2D eigenvalue weighted by Crippen LogP contribution is 2.42. The lowest BCUT2D eigenvalue weighted by Crippen LogP contribution is -2.66. The normalized spacial score (nSPS) is 19.9. The van der Waals surface area contributed by atoms with Gasteiger partial charge in [0.05, 0.1) is 33.4 Å². The second kappa shape index (κ2) is 13.7. The van der Waals surface area contributed by atoms with Crippen molar-refractivity contribution in [1.29, 1.82) is 0 Å². The summed E-state index contributed by atoms with van der Waals surface area (Å²) >= 11 is 12.9. The van der Waals surface area contributed by atoms with E-state index in [4.69, 9.17) is 42.1 Å². The van der Waals surface area contributed by atoms with E-state index in [9.17, 15) is 19.5 Å². The number of ether oxygens (including phenoxy) is 2. The van der Waals surface area contributed by atoms with Gasteiger partial charge in [-0.25, -0.2) is 14.6 Å². The first-order valence-electron chi connectivity index (χ1n) is 16.1. The predicted molar refractivity (Wildman–Crippen MR) is 177 cm³/mol. The van der Waals surface area contributed by atoms with E-state index in [-0.39, 0.29) is 50.5 Å². The van der Waals surface area contributed by atoms with Crippen molar-refractivity contribution < 1.29 is 33.4 Å². The van der Waals surface area contributed by atoms with Crippen LogP contribution in [-0.4, -0.2) is 91.9 Å². The summed E-state index contributed by atoms with van der Waals surface area (Å²) in [5.41, 5.74) is 0.690. The molecule has 2 aromatic rings. The fraction of sp³-hybridized carbons (Fsp3) is 0.588. The molecule has 11 nitrogen and oxygen atoms in total. The second-order valence-electron chi connectivity index (χ2n) is 14.4. The van der Waals surface area contributed by atoms with Crippen LogP contribution in [0.4, 0.5) is 9.59 Å². The van der Waals surface area contributed by atoms with E-state index in [1.165, 1.54) is 6.26 Å². The molecule has 3 heterocycles. The SMILES string of the molecule is CC(C)(C)OC(=O)N1CC2CC(c3nc(CCCO)co3)=C(C(=O)N(Cc3cccc(Cl)c3Cl)C3CC3)[C@@H](C1)N2C(=O)OC(C)(C)C. The number of carbonyl (C=O) groups is 3. The van der Waals surface area contributed by atoms with Crippen LogP contribution in [0.2, 0.25) is 10.0 Å². The number of nitrogens with zero attached hydrogens (tertiary/aromatic N) is 4. The van der Waals surface area contributed by atoms with Crippen molar-refractivity contribution in [1.82, 2.24) is 19.7 Å². The van der Waals surface area contributed by atoms with Crippen LogP contribution in [0.5, 0.6) is 0 Å². The van der Waals surface area contributed by atoms with Gasteiger partial charge in [0.15, 0.2) is 0 Å². The van der Waals surface area contributed by atoms with E-state index < -0.39 is 35.5 Å². The number of halogens is 2. The molecule has 1 saturated carbocycles. The molecule has 0 spiro atoms. The number of aliphatic hydroxyl groups is 1. The monoisotopic (exact) mass is 690 g/mol. The summed E-state index contributed by atoms with van der Waals surface area (Å²) in [4.78, 5) is 51.9. The largest absolute Gasteiger partial charge is 0.445 e. The Morgan fingerprint density at radius 3 is 2.36 bits per heavy atom. The van der Waals surface area contributed by atoms with Gasteiger partial charge in [0.2, 0.25) is 5.89 Å². The minimum Gasteiger partial charge on any atom is -0.445 e. The standard InChI is InChI=1S/C34H44Cl2N4O7/c1-33(2,3)46-31(43)38-17-23-15-24(29-37-21(19-45-29)10-8-14-41)27(26(18-38)40(23)32(44)47-34(4,5)6)30(42)39(22-12-13-22)16-20-9-7-11-25(35)28(20)36/h7,9,11,19,22-23,26,41H,8,10,12-18H2,1-6H3/t23?,26-/m1/s1. The summed E-state index contributed by atoms with van der Waals surface area (Å²) in [7, 11) is 0. The molecular formula is C34H44Cl2N4O7. The number of hydrogen-bond donors (Lipinski definition) is 1. The summed E-state index contributed by atoms with van der Waals surface area (Å²) in [6.07, 6.45) is 3.25. The van der Waals surface area contributed by atoms with Crippen LogP contribution >= 0.6 is 23.2 Å². The van der Waals surface area contributed by atoms with Gasteiger partial charge < -0.3 is 28.8 Å². The number of rotatable bonds is 8. The zero-order valence-electron chi connectivity index (χ0n) is 27.8. The molecule has 256 valence electrons. The van der Waals surface area contributed by atoms with E-state index in [2.05, 4.69) is 0 Å². The van der Waals surface area contributed by atoms with Crippen molar-refractivity contribution in [2.75, 3.05) is 19.7 Å². The molecule has 1 N–H and O–H groups in total. The Hall–Kier alpha value is -3.28. The second-order valence-corrected chi connectivity index (χ2v) is 15.2. The van der Waals surface area contributed by atoms with Gasteiger partial charge in [0.1, 0.15) is 17.5 Å². The Morgan fingerprint density at radius 1 is 1.04 bits per heavy atom. The third kappa shape index (κ3) is 8.24. The van der Waals surface area contributed by atoms with E-state index in [1.807, 2.05) is 6.07 Å². The fourth-order valence-electron chi connectivity index (χ4n) is 6.03. The predicted octanol–water partition coefficient (Wildman–Crippen LogP) is 6.48. The Bertz CT molecular complexity index is 1540. The average Bonchev–Trinajstić information content (AvgIpc) is 3.70. The maximum atomic E-state index is 15.0. The van der Waals surface area contributed by atoms with Crippen molar-refractivity contribution in [3.05, 3.63) is 57.2 Å². The van der Waals surface area contributed by atoms with E-state index in [0.29, 0.717) is 45.3 Å². The quantitative estimate of drug-likeness (QED) is 0.334. The number of piperazine rings is 1. The zero-order chi connectivity index (χ0) is 34.3. The maximum Gasteiger partial charge on any atom is 0.411 e. The van der Waals surface area contributed by atoms with Crippen LogP contribution < -0.4 is 0 Å². The molecular weight excluding hydrogens is 647 g/mol. The molecule has 47 heavy (non-hydrogen) atoms. The van der Waals surface area contributed by atoms with Crippen LogP contribution in [0.1, 0.15) is 84.4 Å². The van der Waals surface area contributed by atoms with Gasteiger partial charge in [-0.1, -0.05) is 35.3 Å². The third-order valence-corrected chi connectivity index (χ3v) is 9.02. The molecule has 1 aromatic heterocycles. The highest BCUT2D eigenvalue weighted by Gasteiger charge is 2.51. The number of oxazole rings is 1. The van der Waals surface area contributed by atoms with Gasteiger partial charge in [0, 0.05) is 44.3 Å². The Labute approximate surface area is 285 Å². The van der Waals surface area contributed by atoms with E-state index in [0.717, 1.165) is 12.8 Å². The van der Waals surface area contributed by atoms with Crippen LogP contribution in [0.3, 0.4) is 0 Å². The molecule has 5 rings (SSSR count). The summed E-state index contributed by atoms with van der Waals surface area (Å²) in [5, 5.41) is 10.1. The molecule has 0 radical (unpaired) electrons. The average molecular weight is 692 g/mol. The van der Waals surface area contributed by atoms with Gasteiger partial charge in [-0.05, 0) is 78.9 Å². The number of aryl methyl sites for hydroxylation is 1. The number of hydrogen-bond acceptors (Lipinski definition) is 8. The smallest absolute Gasteiger partial charge is 0.411 e. The Kier molecular flexibility index (Phi) is 10.2. The van der Waals surface area contributed by atoms with Crippen molar-refractivity contribution in [2.45, 2.75) is 110 Å². The van der Waals surface area contributed by atoms with Crippen molar-refractivity contribution >= 4 is 46.9 Å². The molecule has 13 heteroatoms. The maximum absolute atomic E-state index is 15.0. The van der Waals surface area contributed by atoms with Gasteiger partial charge in [-0.2, -0.15) is 0 Å². The third-order valence-electron chi connectivity index (χ3n) is 8.16. The van der Waals surface area contributed by atoms with E-state index in [1.54, 1.807) is 68.4 Å². The van der Waals surface area contributed by atoms with Crippen molar-refractivity contribution in [2.24, 2.45) is 0 Å². The molecule has 1 unspecified atom stereocenters. The number of aromatic nitrogens is 1. The molecule has 1 aromatic carbocycles. The molecule has 1 saturated heterocycles. The first-order valence-corrected chi connectivity index (χ1v) is 16.8. The summed E-state index contributed by atoms with van der Waals surface area (Å²) in [5.74, 6) is -0.0286. The van der Waals surface area contributed by atoms with Gasteiger partial charge in [-0.3, -0.25) is 9.69 Å². The van der Waals surface area contributed by atoms with Gasteiger partial charge in [-0.15, -0.1) is 0 Å². The van der Waals surface area contributed by atoms with E-state index >= 15 is 0 Å². The van der Waals surface area contributed by atoms with Crippen molar-refractivity contribution in [3.8, 4) is 0 Å². The molecule has 1 aliphatic carbocycles. The molecule has 3 aliphatic rings. The van der Waals surface area contributed by atoms with Crippen molar-refractivity contribution in [3.63, 3.8) is 0 Å². The molecule has 2 atom stereocenters. The fourth-order valence-corrected chi connectivity index (χ4v) is 6.41. The molecule has 2 bridgehead atoms. The van der Waals surface area contributed by atoms with Crippen LogP contribution in [0, 0.1) is 0 Å². The topological polar surface area (TPSA) is 126 Å². The first kappa shape index (κ1) is 35.0. The highest BCUT2D eigenvalue weighted by molar-refractivity contribution is 6.42. The number of carbonyl (C=O) groups excluding carboxylic acids is 3. The van der Waals surface area contributed by atoms with Gasteiger partial charge >= 0.3 is 12.2 Å². The number of aliphatic hydroxyl groups excluding tert-OH is 1. The lowest BCUT2D eigenvalue weighted by atomic mass is 9.84. The Balaban J connectivity index is 1.63. The molecule has 2 fully saturated rings. The van der Waals surface area contributed by atoms with Crippen LogP contribution in [0.25, 0.3) is 5.57 Å². The summed E-state index contributed by atoms with van der Waals surface area (Å²) in [6, 6.07) is 3.85. The minimum atomic E-state index is -0.878. The van der Waals surface area contributed by atoms with Crippen LogP contribution in [-0.2, 0) is 27.2 Å². The van der Waals surface area contributed by atoms with Gasteiger partial charge in [0.25, 0.3) is 5.91 Å². The summed E-state index contributed by atoms with van der Waals surface area (Å²) in [6.45, 7) is 11.1. The Morgan fingerprint density at radius 2 is 1.72 bits per heavy atom. The molecule has 2 aliphatic heterocycles. The lowest BCUT2D eigenvalue weighted by Gasteiger charge is -2.50. The number of fused-ring (bicyclic) bond motifs is 2. The lowest BCUT2D eigenvalue weighted by molar-refractivity contribution is -0.129. The zero-order valence-corrected chi connectivity index (χ0v) is 29.4. The minimum absolute atomic E-state index is 0.00371. The number of benzene rings is 1. The first-order chi connectivity index (χ1) is 22.1.